The lowest BCUT2D eigenvalue weighted by Gasteiger charge is -2.06. The number of amides is 1. The summed E-state index contributed by atoms with van der Waals surface area (Å²) in [5, 5.41) is 7.08. The van der Waals surface area contributed by atoms with E-state index in [2.05, 4.69) is 17.4 Å². The number of thiophene rings is 1. The molecule has 0 unspecified atom stereocenters. The van der Waals surface area contributed by atoms with Gasteiger partial charge in [0, 0.05) is 16.8 Å². The molecule has 29 heavy (non-hydrogen) atoms. The Morgan fingerprint density at radius 3 is 2.45 bits per heavy atom. The molecule has 4 aromatic rings. The highest BCUT2D eigenvalue weighted by molar-refractivity contribution is 7.12. The number of carbonyl (C=O) groups excluding carboxylic acids is 2. The Morgan fingerprint density at radius 2 is 1.69 bits per heavy atom. The second-order valence-corrected chi connectivity index (χ2v) is 7.62. The van der Waals surface area contributed by atoms with E-state index in [4.69, 9.17) is 4.74 Å². The fourth-order valence-corrected chi connectivity index (χ4v) is 3.77. The van der Waals surface area contributed by atoms with Gasteiger partial charge >= 0.3 is 0 Å². The third-order valence-corrected chi connectivity index (χ3v) is 5.53. The molecular weight excluding hydrogens is 382 g/mol. The van der Waals surface area contributed by atoms with Crippen LogP contribution in [0.1, 0.15) is 32.5 Å². The molecule has 0 aliphatic heterocycles. The Morgan fingerprint density at radius 1 is 0.931 bits per heavy atom. The zero-order valence-electron chi connectivity index (χ0n) is 15.8. The van der Waals surface area contributed by atoms with Gasteiger partial charge < -0.3 is 10.1 Å². The molecule has 0 atom stereocenters. The molecule has 0 aliphatic rings. The monoisotopic (exact) mass is 401 g/mol. The lowest BCUT2D eigenvalue weighted by atomic mass is 10.1. The van der Waals surface area contributed by atoms with E-state index in [-0.39, 0.29) is 11.7 Å². The van der Waals surface area contributed by atoms with Crippen LogP contribution >= 0.6 is 11.3 Å². The van der Waals surface area contributed by atoms with Gasteiger partial charge in [-0.05, 0) is 65.5 Å². The van der Waals surface area contributed by atoms with Crippen LogP contribution in [0.3, 0.4) is 0 Å². The minimum atomic E-state index is -0.178. The van der Waals surface area contributed by atoms with E-state index in [0.717, 1.165) is 16.7 Å². The third-order valence-electron chi connectivity index (χ3n) is 4.55. The molecule has 1 N–H and O–H groups in total. The fraction of sp³-hybridized carbons (Fsp3) is 0.0833. The van der Waals surface area contributed by atoms with Gasteiger partial charge in [0.25, 0.3) is 5.91 Å². The second kappa shape index (κ2) is 8.29. The van der Waals surface area contributed by atoms with Crippen molar-refractivity contribution < 1.29 is 14.3 Å². The number of carbonyl (C=O) groups is 2. The molecule has 1 amide bonds. The van der Waals surface area contributed by atoms with Crippen molar-refractivity contribution in [2.45, 2.75) is 13.5 Å². The molecule has 0 radical (unpaired) electrons. The minimum Gasteiger partial charge on any atom is -0.489 e. The molecule has 0 fully saturated rings. The van der Waals surface area contributed by atoms with E-state index < -0.39 is 0 Å². The first-order valence-electron chi connectivity index (χ1n) is 9.20. The number of nitrogens with one attached hydrogen (secondary N) is 1. The Balaban J connectivity index is 1.38. The predicted octanol–water partition coefficient (Wildman–Crippen LogP) is 5.94. The summed E-state index contributed by atoms with van der Waals surface area (Å²) < 4.78 is 5.89. The minimum absolute atomic E-state index is 0.00260. The number of ketones is 1. The highest BCUT2D eigenvalue weighted by Gasteiger charge is 2.10. The smallest absolute Gasteiger partial charge is 0.265 e. The standard InChI is InChI=1S/C24H19NO3S/c1-16(26)18-6-9-21(10-7-18)25-24(27)23-12-17(15-29-23)14-28-22-11-8-19-4-2-3-5-20(19)13-22/h2-13,15H,14H2,1H3,(H,25,27). The Bertz CT molecular complexity index is 1180. The quantitative estimate of drug-likeness (QED) is 0.407. The molecule has 0 saturated heterocycles. The molecule has 5 heteroatoms. The Kier molecular flexibility index (Phi) is 5.40. The average molecular weight is 401 g/mol. The van der Waals surface area contributed by atoms with Crippen LogP contribution in [0.5, 0.6) is 5.75 Å². The van der Waals surface area contributed by atoms with E-state index in [1.165, 1.54) is 23.6 Å². The van der Waals surface area contributed by atoms with Crippen LogP contribution in [0, 0.1) is 0 Å². The lowest BCUT2D eigenvalue weighted by molar-refractivity contribution is 0.101. The maximum Gasteiger partial charge on any atom is 0.265 e. The molecule has 3 aromatic carbocycles. The van der Waals surface area contributed by atoms with Gasteiger partial charge in [-0.1, -0.05) is 30.3 Å². The summed E-state index contributed by atoms with van der Waals surface area (Å²) in [6.45, 7) is 1.91. The van der Waals surface area contributed by atoms with Crippen LogP contribution in [-0.4, -0.2) is 11.7 Å². The van der Waals surface area contributed by atoms with Gasteiger partial charge in [0.2, 0.25) is 0 Å². The number of hydrogen-bond donors (Lipinski definition) is 1. The lowest BCUT2D eigenvalue weighted by Crippen LogP contribution is -2.10. The molecule has 1 heterocycles. The topological polar surface area (TPSA) is 55.4 Å². The van der Waals surface area contributed by atoms with E-state index >= 15 is 0 Å². The van der Waals surface area contributed by atoms with Crippen molar-refractivity contribution in [3.8, 4) is 5.75 Å². The van der Waals surface area contributed by atoms with Crippen molar-refractivity contribution in [3.05, 3.63) is 94.2 Å². The van der Waals surface area contributed by atoms with Crippen molar-refractivity contribution >= 4 is 39.5 Å². The van der Waals surface area contributed by atoms with Gasteiger partial charge in [-0.15, -0.1) is 11.3 Å². The zero-order chi connectivity index (χ0) is 20.2. The second-order valence-electron chi connectivity index (χ2n) is 6.70. The first kappa shape index (κ1) is 18.9. The maximum absolute atomic E-state index is 12.5. The van der Waals surface area contributed by atoms with Gasteiger partial charge in [-0.3, -0.25) is 9.59 Å². The number of anilines is 1. The summed E-state index contributed by atoms with van der Waals surface area (Å²) in [6.07, 6.45) is 0. The Labute approximate surface area is 172 Å². The zero-order valence-corrected chi connectivity index (χ0v) is 16.7. The first-order valence-corrected chi connectivity index (χ1v) is 10.1. The largest absolute Gasteiger partial charge is 0.489 e. The molecule has 0 bridgehead atoms. The number of fused-ring (bicyclic) bond motifs is 1. The molecule has 0 aliphatic carbocycles. The average Bonchev–Trinajstić information content (AvgIpc) is 3.22. The van der Waals surface area contributed by atoms with Crippen LogP contribution in [-0.2, 0) is 6.61 Å². The molecule has 144 valence electrons. The highest BCUT2D eigenvalue weighted by atomic mass is 32.1. The number of ether oxygens (including phenoxy) is 1. The van der Waals surface area contributed by atoms with Crippen molar-refractivity contribution in [2.75, 3.05) is 5.32 Å². The van der Waals surface area contributed by atoms with E-state index in [9.17, 15) is 9.59 Å². The number of Topliss-reactive ketones (excluding diaryl/α,β-unsaturated/α-hetero) is 1. The number of rotatable bonds is 6. The SMILES string of the molecule is CC(=O)c1ccc(NC(=O)c2cc(COc3ccc4ccccc4c3)cs2)cc1. The van der Waals surface area contributed by atoms with Gasteiger partial charge in [0.15, 0.2) is 5.78 Å². The van der Waals surface area contributed by atoms with Crippen LogP contribution < -0.4 is 10.1 Å². The van der Waals surface area contributed by atoms with Crippen LogP contribution in [0.2, 0.25) is 0 Å². The Hall–Kier alpha value is -3.44. The van der Waals surface area contributed by atoms with Crippen molar-refractivity contribution in [1.82, 2.24) is 0 Å². The highest BCUT2D eigenvalue weighted by Crippen LogP contribution is 2.23. The van der Waals surface area contributed by atoms with Crippen LogP contribution in [0.4, 0.5) is 5.69 Å². The van der Waals surface area contributed by atoms with Crippen LogP contribution in [0.15, 0.2) is 78.2 Å². The normalized spacial score (nSPS) is 10.7. The summed E-state index contributed by atoms with van der Waals surface area (Å²) in [5.74, 6) is 0.617. The summed E-state index contributed by atoms with van der Waals surface area (Å²) in [5.41, 5.74) is 2.22. The van der Waals surface area contributed by atoms with Crippen molar-refractivity contribution in [1.29, 1.82) is 0 Å². The van der Waals surface area contributed by atoms with Crippen molar-refractivity contribution in [2.24, 2.45) is 0 Å². The number of hydrogen-bond acceptors (Lipinski definition) is 4. The van der Waals surface area contributed by atoms with Crippen LogP contribution in [0.25, 0.3) is 10.8 Å². The van der Waals surface area contributed by atoms with E-state index in [1.807, 2.05) is 41.8 Å². The summed E-state index contributed by atoms with van der Waals surface area (Å²) >= 11 is 1.38. The van der Waals surface area contributed by atoms with E-state index in [0.29, 0.717) is 22.7 Å². The molecule has 0 spiro atoms. The first-order chi connectivity index (χ1) is 14.1. The summed E-state index contributed by atoms with van der Waals surface area (Å²) in [6, 6.07) is 22.8. The van der Waals surface area contributed by atoms with Gasteiger partial charge in [0.1, 0.15) is 12.4 Å². The third kappa shape index (κ3) is 4.52. The fourth-order valence-electron chi connectivity index (χ4n) is 2.98. The summed E-state index contributed by atoms with van der Waals surface area (Å²) in [7, 11) is 0. The molecule has 0 saturated carbocycles. The summed E-state index contributed by atoms with van der Waals surface area (Å²) in [4.78, 5) is 24.4. The van der Waals surface area contributed by atoms with Crippen molar-refractivity contribution in [3.63, 3.8) is 0 Å². The predicted molar refractivity (Wildman–Crippen MR) is 117 cm³/mol. The molecule has 1 aromatic heterocycles. The van der Waals surface area contributed by atoms with Gasteiger partial charge in [-0.2, -0.15) is 0 Å². The number of benzene rings is 3. The molecular formula is C24H19NO3S. The maximum atomic E-state index is 12.5. The molecule has 4 nitrogen and oxygen atoms in total. The van der Waals surface area contributed by atoms with E-state index in [1.54, 1.807) is 24.3 Å². The van der Waals surface area contributed by atoms with Gasteiger partial charge in [0.05, 0.1) is 4.88 Å². The molecule has 4 rings (SSSR count). The van der Waals surface area contributed by atoms with Gasteiger partial charge in [-0.25, -0.2) is 0 Å².